The standard InChI is InChI=1S/C25H13Cl2F3N4O4/c26-17-4-8-20(19(27)10-17)37-21-7-1-15(11-31)9-22(21)36-14-24(12-32,13-33)34-23(35)16-2-5-18(6-3-16)38-25(28,29)30/h1-10H,14H2,(H,34,35). The van der Waals surface area contributed by atoms with E-state index in [1.165, 1.54) is 36.4 Å². The molecule has 192 valence electrons. The molecule has 1 amide bonds. The summed E-state index contributed by atoms with van der Waals surface area (Å²) in [5, 5.41) is 31.3. The van der Waals surface area contributed by atoms with Gasteiger partial charge in [0.15, 0.2) is 11.5 Å². The topological polar surface area (TPSA) is 128 Å². The smallest absolute Gasteiger partial charge is 0.485 e. The van der Waals surface area contributed by atoms with E-state index >= 15 is 0 Å². The van der Waals surface area contributed by atoms with Crippen LogP contribution in [0.2, 0.25) is 10.0 Å². The van der Waals surface area contributed by atoms with Gasteiger partial charge >= 0.3 is 6.36 Å². The maximum Gasteiger partial charge on any atom is 0.573 e. The second-order valence-electron chi connectivity index (χ2n) is 7.39. The van der Waals surface area contributed by atoms with Gasteiger partial charge in [0, 0.05) is 16.7 Å². The third-order valence-corrected chi connectivity index (χ3v) is 5.22. The lowest BCUT2D eigenvalue weighted by molar-refractivity contribution is -0.274. The van der Waals surface area contributed by atoms with Crippen molar-refractivity contribution >= 4 is 29.1 Å². The van der Waals surface area contributed by atoms with Crippen LogP contribution in [0.5, 0.6) is 23.0 Å². The van der Waals surface area contributed by atoms with Gasteiger partial charge in [-0.15, -0.1) is 13.2 Å². The SMILES string of the molecule is N#Cc1ccc(Oc2ccc(Cl)cc2Cl)c(OCC(C#N)(C#N)NC(=O)c2ccc(OC(F)(F)F)cc2)c1. The van der Waals surface area contributed by atoms with Crippen molar-refractivity contribution in [1.29, 1.82) is 15.8 Å². The molecule has 0 aromatic heterocycles. The third kappa shape index (κ3) is 7.21. The Morgan fingerprint density at radius 2 is 1.55 bits per heavy atom. The molecule has 0 saturated carbocycles. The predicted octanol–water partition coefficient (Wildman–Crippen LogP) is 6.15. The van der Waals surface area contributed by atoms with Crippen molar-refractivity contribution in [3.8, 4) is 41.2 Å². The minimum atomic E-state index is -4.91. The lowest BCUT2D eigenvalue weighted by Crippen LogP contribution is -2.50. The van der Waals surface area contributed by atoms with Crippen LogP contribution >= 0.6 is 23.2 Å². The van der Waals surface area contributed by atoms with Gasteiger partial charge in [-0.1, -0.05) is 23.2 Å². The fourth-order valence-corrected chi connectivity index (χ4v) is 3.34. The highest BCUT2D eigenvalue weighted by Gasteiger charge is 2.35. The molecule has 0 spiro atoms. The van der Waals surface area contributed by atoms with Crippen molar-refractivity contribution in [3.63, 3.8) is 0 Å². The summed E-state index contributed by atoms with van der Waals surface area (Å²) in [5.74, 6) is -1.28. The molecule has 38 heavy (non-hydrogen) atoms. The molecule has 0 aliphatic heterocycles. The first kappa shape index (κ1) is 27.9. The zero-order chi connectivity index (χ0) is 27.9. The highest BCUT2D eigenvalue weighted by atomic mass is 35.5. The van der Waals surface area contributed by atoms with E-state index in [0.29, 0.717) is 5.02 Å². The molecule has 0 saturated heterocycles. The first-order chi connectivity index (χ1) is 18.0. The number of ether oxygens (including phenoxy) is 3. The van der Waals surface area contributed by atoms with Crippen LogP contribution in [0.4, 0.5) is 13.2 Å². The fourth-order valence-electron chi connectivity index (χ4n) is 2.89. The van der Waals surface area contributed by atoms with E-state index < -0.39 is 30.2 Å². The molecule has 1 N–H and O–H groups in total. The molecular weight excluding hydrogens is 548 g/mol. The summed E-state index contributed by atoms with van der Waals surface area (Å²) in [6, 6.07) is 17.7. The van der Waals surface area contributed by atoms with E-state index in [9.17, 15) is 33.8 Å². The van der Waals surface area contributed by atoms with Gasteiger partial charge in [-0.2, -0.15) is 15.8 Å². The Labute approximate surface area is 223 Å². The minimum Gasteiger partial charge on any atom is -0.485 e. The van der Waals surface area contributed by atoms with Crippen LogP contribution in [0.25, 0.3) is 0 Å². The van der Waals surface area contributed by atoms with Crippen LogP contribution < -0.4 is 19.5 Å². The molecule has 3 aromatic carbocycles. The monoisotopic (exact) mass is 560 g/mol. The van der Waals surface area contributed by atoms with Crippen molar-refractivity contribution in [1.82, 2.24) is 5.32 Å². The Balaban J connectivity index is 1.80. The summed E-state index contributed by atoms with van der Waals surface area (Å²) in [7, 11) is 0. The average Bonchev–Trinajstić information content (AvgIpc) is 2.88. The Morgan fingerprint density at radius 1 is 0.895 bits per heavy atom. The summed E-state index contributed by atoms with van der Waals surface area (Å²) < 4.78 is 52.2. The van der Waals surface area contributed by atoms with E-state index in [-0.39, 0.29) is 33.4 Å². The number of rotatable bonds is 8. The molecule has 3 rings (SSSR count). The lowest BCUT2D eigenvalue weighted by Gasteiger charge is -2.22. The van der Waals surface area contributed by atoms with Gasteiger partial charge < -0.3 is 19.5 Å². The largest absolute Gasteiger partial charge is 0.573 e. The Bertz CT molecular complexity index is 1460. The van der Waals surface area contributed by atoms with E-state index in [0.717, 1.165) is 24.3 Å². The van der Waals surface area contributed by atoms with Crippen molar-refractivity contribution < 1.29 is 32.2 Å². The predicted molar refractivity (Wildman–Crippen MR) is 128 cm³/mol. The van der Waals surface area contributed by atoms with E-state index in [1.54, 1.807) is 12.1 Å². The van der Waals surface area contributed by atoms with Crippen LogP contribution in [0, 0.1) is 34.0 Å². The molecule has 0 fully saturated rings. The molecule has 0 bridgehead atoms. The molecule has 13 heteroatoms. The number of alkyl halides is 3. The number of nitrogens with one attached hydrogen (secondary N) is 1. The zero-order valence-electron chi connectivity index (χ0n) is 18.8. The molecule has 0 unspecified atom stereocenters. The van der Waals surface area contributed by atoms with Crippen molar-refractivity contribution in [3.05, 3.63) is 81.8 Å². The lowest BCUT2D eigenvalue weighted by atomic mass is 10.0. The van der Waals surface area contributed by atoms with Gasteiger partial charge in [-0.25, -0.2) is 0 Å². The maximum absolute atomic E-state index is 12.6. The van der Waals surface area contributed by atoms with Crippen LogP contribution in [0.3, 0.4) is 0 Å². The molecule has 0 atom stereocenters. The number of amides is 1. The van der Waals surface area contributed by atoms with Gasteiger partial charge in [-0.3, -0.25) is 4.79 Å². The number of hydrogen-bond acceptors (Lipinski definition) is 7. The van der Waals surface area contributed by atoms with Crippen molar-refractivity contribution in [2.24, 2.45) is 0 Å². The highest BCUT2D eigenvalue weighted by Crippen LogP contribution is 2.37. The van der Waals surface area contributed by atoms with E-state index in [2.05, 4.69) is 10.1 Å². The average molecular weight is 561 g/mol. The quantitative estimate of drug-likeness (QED) is 0.349. The summed E-state index contributed by atoms with van der Waals surface area (Å²) >= 11 is 12.0. The number of halogens is 5. The maximum atomic E-state index is 12.6. The van der Waals surface area contributed by atoms with Crippen LogP contribution in [0.1, 0.15) is 15.9 Å². The van der Waals surface area contributed by atoms with Crippen LogP contribution in [-0.4, -0.2) is 24.4 Å². The molecule has 0 aliphatic carbocycles. The summed E-state index contributed by atoms with van der Waals surface area (Å²) in [4.78, 5) is 12.6. The Kier molecular flexibility index (Phi) is 8.54. The minimum absolute atomic E-state index is 0.0483. The Hall–Kier alpha value is -4.63. The number of hydrogen-bond donors (Lipinski definition) is 1. The first-order valence-electron chi connectivity index (χ1n) is 10.3. The number of nitriles is 3. The Morgan fingerprint density at radius 3 is 2.13 bits per heavy atom. The summed E-state index contributed by atoms with van der Waals surface area (Å²) in [5.41, 5.74) is -2.21. The van der Waals surface area contributed by atoms with Crippen molar-refractivity contribution in [2.75, 3.05) is 6.61 Å². The summed E-state index contributed by atoms with van der Waals surface area (Å²) in [6.07, 6.45) is -4.91. The molecule has 0 heterocycles. The molecule has 8 nitrogen and oxygen atoms in total. The second-order valence-corrected chi connectivity index (χ2v) is 8.24. The molecule has 0 aliphatic rings. The third-order valence-electron chi connectivity index (χ3n) is 4.69. The van der Waals surface area contributed by atoms with E-state index in [1.807, 2.05) is 6.07 Å². The van der Waals surface area contributed by atoms with Gasteiger partial charge in [0.2, 0.25) is 5.54 Å². The fraction of sp³-hybridized carbons (Fsp3) is 0.120. The van der Waals surface area contributed by atoms with Crippen LogP contribution in [0.15, 0.2) is 60.7 Å². The molecule has 3 aromatic rings. The number of benzene rings is 3. The van der Waals surface area contributed by atoms with Gasteiger partial charge in [0.05, 0.1) is 16.7 Å². The second kappa shape index (κ2) is 11.6. The highest BCUT2D eigenvalue weighted by molar-refractivity contribution is 6.35. The van der Waals surface area contributed by atoms with Crippen LogP contribution in [-0.2, 0) is 0 Å². The number of nitrogens with zero attached hydrogens (tertiary/aromatic N) is 3. The van der Waals surface area contributed by atoms with Crippen molar-refractivity contribution in [2.45, 2.75) is 11.9 Å². The molecule has 0 radical (unpaired) electrons. The van der Waals surface area contributed by atoms with E-state index in [4.69, 9.17) is 32.7 Å². The molecular formula is C25H13Cl2F3N4O4. The zero-order valence-corrected chi connectivity index (χ0v) is 20.4. The van der Waals surface area contributed by atoms with Gasteiger partial charge in [0.1, 0.15) is 30.2 Å². The van der Waals surface area contributed by atoms with Gasteiger partial charge in [-0.05, 0) is 54.6 Å². The number of carbonyl (C=O) groups excluding carboxylic acids is 1. The van der Waals surface area contributed by atoms with Gasteiger partial charge in [0.25, 0.3) is 5.91 Å². The number of carbonyl (C=O) groups is 1. The normalized spacial score (nSPS) is 10.9. The summed E-state index contributed by atoms with van der Waals surface area (Å²) in [6.45, 7) is -0.708. The first-order valence-corrected chi connectivity index (χ1v) is 11.0.